The molecular formula is C15H22O2. The normalized spacial score (nSPS) is 42.6. The van der Waals surface area contributed by atoms with Crippen LogP contribution in [0.3, 0.4) is 0 Å². The van der Waals surface area contributed by atoms with E-state index >= 15 is 0 Å². The summed E-state index contributed by atoms with van der Waals surface area (Å²) < 4.78 is 0. The molecule has 4 rings (SSSR count). The fourth-order valence-corrected chi connectivity index (χ4v) is 5.09. The second kappa shape index (κ2) is 3.86. The van der Waals surface area contributed by atoms with Crippen molar-refractivity contribution >= 4 is 5.97 Å². The number of rotatable bonds is 2. The highest BCUT2D eigenvalue weighted by molar-refractivity contribution is 5.88. The molecule has 4 fully saturated rings. The Kier molecular flexibility index (Phi) is 2.57. The maximum absolute atomic E-state index is 11.5. The van der Waals surface area contributed by atoms with Gasteiger partial charge in [0.2, 0.25) is 0 Å². The summed E-state index contributed by atoms with van der Waals surface area (Å²) in [6.45, 7) is 3.93. The predicted molar refractivity (Wildman–Crippen MR) is 66.5 cm³/mol. The van der Waals surface area contributed by atoms with Crippen molar-refractivity contribution in [1.82, 2.24) is 0 Å². The van der Waals surface area contributed by atoms with Gasteiger partial charge in [0.15, 0.2) is 0 Å². The Labute approximate surface area is 103 Å². The molecular weight excluding hydrogens is 212 g/mol. The summed E-state index contributed by atoms with van der Waals surface area (Å²) in [5.74, 6) is 2.88. The van der Waals surface area contributed by atoms with Crippen LogP contribution in [0.2, 0.25) is 0 Å². The van der Waals surface area contributed by atoms with E-state index < -0.39 is 5.97 Å². The molecule has 0 amide bonds. The molecule has 0 aromatic heterocycles. The zero-order chi connectivity index (χ0) is 12.2. The standard InChI is InChI=1S/C15H22O2/c1-8(2)13(15(16)17)14-11-4-9-3-10(6-11)7-12(14)5-9/h9-12,14H,3-7H2,1-2H3,(H,16,17). The number of hydrogen-bond acceptors (Lipinski definition) is 1. The maximum Gasteiger partial charge on any atom is 0.331 e. The summed E-state index contributed by atoms with van der Waals surface area (Å²) in [5, 5.41) is 9.47. The second-order valence-electron chi connectivity index (χ2n) is 6.68. The van der Waals surface area contributed by atoms with Crippen LogP contribution < -0.4 is 0 Å². The van der Waals surface area contributed by atoms with Gasteiger partial charge in [-0.15, -0.1) is 0 Å². The quantitative estimate of drug-likeness (QED) is 0.743. The first-order valence-electron chi connectivity index (χ1n) is 6.97. The SMILES string of the molecule is CC(C)=C(C(=O)O)C1C2CC3CC(C2)CC1C3. The fraction of sp³-hybridized carbons (Fsp3) is 0.800. The molecule has 0 aromatic carbocycles. The zero-order valence-electron chi connectivity index (χ0n) is 10.8. The van der Waals surface area contributed by atoms with Crippen molar-refractivity contribution in [2.75, 3.05) is 0 Å². The van der Waals surface area contributed by atoms with Crippen molar-refractivity contribution in [2.24, 2.45) is 29.6 Å². The zero-order valence-corrected chi connectivity index (χ0v) is 10.8. The summed E-state index contributed by atoms with van der Waals surface area (Å²) >= 11 is 0. The van der Waals surface area contributed by atoms with Crippen LogP contribution in [0.25, 0.3) is 0 Å². The molecule has 4 aliphatic carbocycles. The van der Waals surface area contributed by atoms with Crippen LogP contribution in [0.1, 0.15) is 46.0 Å². The predicted octanol–water partition coefficient (Wildman–Crippen LogP) is 3.48. The van der Waals surface area contributed by atoms with Crippen LogP contribution in [0.5, 0.6) is 0 Å². The Morgan fingerprint density at radius 2 is 1.41 bits per heavy atom. The van der Waals surface area contributed by atoms with Crippen molar-refractivity contribution in [3.8, 4) is 0 Å². The molecule has 0 heterocycles. The summed E-state index contributed by atoms with van der Waals surface area (Å²) in [6.07, 6.45) is 6.60. The lowest BCUT2D eigenvalue weighted by Crippen LogP contribution is -2.46. The lowest BCUT2D eigenvalue weighted by atomic mass is 9.50. The van der Waals surface area contributed by atoms with Crippen molar-refractivity contribution in [2.45, 2.75) is 46.0 Å². The molecule has 0 saturated heterocycles. The third-order valence-electron chi connectivity index (χ3n) is 5.33. The minimum atomic E-state index is -0.664. The lowest BCUT2D eigenvalue weighted by Gasteiger charge is -2.54. The van der Waals surface area contributed by atoms with E-state index in [9.17, 15) is 9.90 Å². The molecule has 0 atom stereocenters. The van der Waals surface area contributed by atoms with Crippen LogP contribution in [-0.4, -0.2) is 11.1 Å². The number of aliphatic carboxylic acids is 1. The Hall–Kier alpha value is -0.790. The van der Waals surface area contributed by atoms with E-state index in [0.717, 1.165) is 23.0 Å². The maximum atomic E-state index is 11.5. The largest absolute Gasteiger partial charge is 0.478 e. The highest BCUT2D eigenvalue weighted by Gasteiger charge is 2.50. The molecule has 0 aliphatic heterocycles. The van der Waals surface area contributed by atoms with Gasteiger partial charge in [0.1, 0.15) is 0 Å². The first-order valence-corrected chi connectivity index (χ1v) is 6.97. The average molecular weight is 234 g/mol. The van der Waals surface area contributed by atoms with Crippen LogP contribution in [0.4, 0.5) is 0 Å². The van der Waals surface area contributed by atoms with Gasteiger partial charge in [-0.2, -0.15) is 0 Å². The molecule has 0 aromatic rings. The summed E-state index contributed by atoms with van der Waals surface area (Å²) in [7, 11) is 0. The molecule has 17 heavy (non-hydrogen) atoms. The minimum absolute atomic E-state index is 0.366. The number of carbonyl (C=O) groups is 1. The van der Waals surface area contributed by atoms with Crippen LogP contribution in [0.15, 0.2) is 11.1 Å². The highest BCUT2D eigenvalue weighted by Crippen LogP contribution is 2.58. The smallest absolute Gasteiger partial charge is 0.331 e. The average Bonchev–Trinajstić information content (AvgIpc) is 2.20. The molecule has 2 nitrogen and oxygen atoms in total. The van der Waals surface area contributed by atoms with Crippen molar-refractivity contribution in [3.63, 3.8) is 0 Å². The molecule has 94 valence electrons. The van der Waals surface area contributed by atoms with E-state index in [1.54, 1.807) is 0 Å². The first-order chi connectivity index (χ1) is 8.06. The molecule has 0 unspecified atom stereocenters. The topological polar surface area (TPSA) is 37.3 Å². The van der Waals surface area contributed by atoms with Gasteiger partial charge in [-0.05, 0) is 75.5 Å². The number of carboxylic acid groups (broad SMARTS) is 1. The molecule has 4 aliphatic rings. The van der Waals surface area contributed by atoms with E-state index in [1.165, 1.54) is 32.1 Å². The summed E-state index contributed by atoms with van der Waals surface area (Å²) in [5.41, 5.74) is 1.77. The van der Waals surface area contributed by atoms with E-state index in [-0.39, 0.29) is 0 Å². The second-order valence-corrected chi connectivity index (χ2v) is 6.68. The summed E-state index contributed by atoms with van der Waals surface area (Å²) in [4.78, 5) is 11.5. The molecule has 0 spiro atoms. The van der Waals surface area contributed by atoms with Crippen LogP contribution >= 0.6 is 0 Å². The molecule has 4 bridgehead atoms. The lowest BCUT2D eigenvalue weighted by molar-refractivity contribution is -0.135. The van der Waals surface area contributed by atoms with E-state index in [4.69, 9.17) is 0 Å². The van der Waals surface area contributed by atoms with Gasteiger partial charge < -0.3 is 5.11 Å². The van der Waals surface area contributed by atoms with E-state index in [1.807, 2.05) is 13.8 Å². The van der Waals surface area contributed by atoms with Crippen LogP contribution in [-0.2, 0) is 4.79 Å². The van der Waals surface area contributed by atoms with E-state index in [0.29, 0.717) is 17.8 Å². The first kappa shape index (κ1) is 11.3. The van der Waals surface area contributed by atoms with Crippen molar-refractivity contribution in [3.05, 3.63) is 11.1 Å². The van der Waals surface area contributed by atoms with Gasteiger partial charge in [-0.25, -0.2) is 4.79 Å². The van der Waals surface area contributed by atoms with Crippen LogP contribution in [0, 0.1) is 29.6 Å². The molecule has 0 radical (unpaired) electrons. The Morgan fingerprint density at radius 1 is 0.941 bits per heavy atom. The van der Waals surface area contributed by atoms with Gasteiger partial charge in [0.05, 0.1) is 0 Å². The minimum Gasteiger partial charge on any atom is -0.478 e. The number of hydrogen-bond donors (Lipinski definition) is 1. The highest BCUT2D eigenvalue weighted by atomic mass is 16.4. The third kappa shape index (κ3) is 1.73. The number of allylic oxidation sites excluding steroid dienone is 1. The fourth-order valence-electron chi connectivity index (χ4n) is 5.09. The van der Waals surface area contributed by atoms with Gasteiger partial charge >= 0.3 is 5.97 Å². The van der Waals surface area contributed by atoms with Gasteiger partial charge in [-0.3, -0.25) is 0 Å². The van der Waals surface area contributed by atoms with Gasteiger partial charge in [0, 0.05) is 5.57 Å². The third-order valence-corrected chi connectivity index (χ3v) is 5.33. The Balaban J connectivity index is 1.94. The van der Waals surface area contributed by atoms with Gasteiger partial charge in [0.25, 0.3) is 0 Å². The number of carboxylic acids is 1. The Bertz CT molecular complexity index is 348. The van der Waals surface area contributed by atoms with Crippen molar-refractivity contribution < 1.29 is 9.90 Å². The molecule has 2 heteroatoms. The van der Waals surface area contributed by atoms with E-state index in [2.05, 4.69) is 0 Å². The van der Waals surface area contributed by atoms with Crippen molar-refractivity contribution in [1.29, 1.82) is 0 Å². The molecule has 1 N–H and O–H groups in total. The summed E-state index contributed by atoms with van der Waals surface area (Å²) in [6, 6.07) is 0. The monoisotopic (exact) mass is 234 g/mol. The Morgan fingerprint density at radius 3 is 1.76 bits per heavy atom. The van der Waals surface area contributed by atoms with Gasteiger partial charge in [-0.1, -0.05) is 5.57 Å². The molecule has 4 saturated carbocycles.